The molecule has 1 aromatic rings. The van der Waals surface area contributed by atoms with Gasteiger partial charge in [-0.1, -0.05) is 44.2 Å². The molecule has 0 saturated heterocycles. The monoisotopic (exact) mass is 249 g/mol. The molecule has 4 nitrogen and oxygen atoms in total. The number of aromatic nitrogens is 2. The fourth-order valence-electron chi connectivity index (χ4n) is 3.11. The van der Waals surface area contributed by atoms with Gasteiger partial charge in [-0.25, -0.2) is 0 Å². The van der Waals surface area contributed by atoms with Gasteiger partial charge in [-0.3, -0.25) is 0 Å². The highest BCUT2D eigenvalue weighted by Gasteiger charge is 2.38. The van der Waals surface area contributed by atoms with Gasteiger partial charge in [0.1, 0.15) is 0 Å². The zero-order valence-corrected chi connectivity index (χ0v) is 11.1. The van der Waals surface area contributed by atoms with E-state index in [0.29, 0.717) is 17.7 Å². The molecule has 1 heterocycles. The Balaban J connectivity index is 1.57. The molecule has 3 atom stereocenters. The molecule has 2 N–H and O–H groups in total. The Hall–Kier alpha value is -0.900. The summed E-state index contributed by atoms with van der Waals surface area (Å²) in [5, 5.41) is 4.08. The minimum absolute atomic E-state index is 0.0663. The van der Waals surface area contributed by atoms with Crippen molar-refractivity contribution < 1.29 is 4.52 Å². The van der Waals surface area contributed by atoms with Gasteiger partial charge < -0.3 is 10.3 Å². The average molecular weight is 249 g/mol. The Kier molecular flexibility index (Phi) is 3.37. The lowest BCUT2D eigenvalue weighted by Crippen LogP contribution is -2.17. The molecule has 0 spiro atoms. The average Bonchev–Trinajstić information content (AvgIpc) is 2.93. The molecule has 0 bridgehead atoms. The van der Waals surface area contributed by atoms with E-state index in [2.05, 4.69) is 17.1 Å². The third kappa shape index (κ3) is 2.58. The first-order valence-electron chi connectivity index (χ1n) is 7.33. The Morgan fingerprint density at radius 3 is 2.72 bits per heavy atom. The predicted molar refractivity (Wildman–Crippen MR) is 68.9 cm³/mol. The van der Waals surface area contributed by atoms with E-state index in [0.717, 1.165) is 18.2 Å². The van der Waals surface area contributed by atoms with Crippen LogP contribution in [0.4, 0.5) is 0 Å². The third-order valence-electron chi connectivity index (χ3n) is 4.53. The predicted octanol–water partition coefficient (Wildman–Crippen LogP) is 3.16. The van der Waals surface area contributed by atoms with Crippen molar-refractivity contribution in [1.82, 2.24) is 10.1 Å². The SMILES string of the molecule is CC1CC1c1noc([C@H](N)CC2CCCCC2)n1. The largest absolute Gasteiger partial charge is 0.338 e. The van der Waals surface area contributed by atoms with Crippen LogP contribution in [0.25, 0.3) is 0 Å². The number of nitrogens with two attached hydrogens (primary N) is 1. The summed E-state index contributed by atoms with van der Waals surface area (Å²) in [5.74, 6) is 3.50. The molecule has 1 aromatic heterocycles. The van der Waals surface area contributed by atoms with Crippen molar-refractivity contribution in [3.8, 4) is 0 Å². The Morgan fingerprint density at radius 1 is 1.33 bits per heavy atom. The van der Waals surface area contributed by atoms with Crippen molar-refractivity contribution in [3.63, 3.8) is 0 Å². The smallest absolute Gasteiger partial charge is 0.243 e. The fraction of sp³-hybridized carbons (Fsp3) is 0.857. The van der Waals surface area contributed by atoms with Crippen molar-refractivity contribution in [2.45, 2.75) is 63.8 Å². The third-order valence-corrected chi connectivity index (χ3v) is 4.53. The highest BCUT2D eigenvalue weighted by molar-refractivity contribution is 5.08. The molecule has 18 heavy (non-hydrogen) atoms. The summed E-state index contributed by atoms with van der Waals surface area (Å²) in [5.41, 5.74) is 6.20. The van der Waals surface area contributed by atoms with Crippen molar-refractivity contribution in [2.75, 3.05) is 0 Å². The summed E-state index contributed by atoms with van der Waals surface area (Å²) < 4.78 is 5.33. The van der Waals surface area contributed by atoms with E-state index in [1.807, 2.05) is 0 Å². The van der Waals surface area contributed by atoms with Gasteiger partial charge in [-0.15, -0.1) is 0 Å². The molecule has 2 saturated carbocycles. The molecule has 100 valence electrons. The van der Waals surface area contributed by atoms with E-state index in [9.17, 15) is 0 Å². The molecule has 2 aliphatic carbocycles. The first-order valence-corrected chi connectivity index (χ1v) is 7.33. The van der Waals surface area contributed by atoms with Crippen molar-refractivity contribution in [3.05, 3.63) is 11.7 Å². The molecule has 2 aliphatic rings. The molecule has 0 aromatic carbocycles. The normalized spacial score (nSPS) is 30.3. The topological polar surface area (TPSA) is 64.9 Å². The summed E-state index contributed by atoms with van der Waals surface area (Å²) in [4.78, 5) is 4.49. The lowest BCUT2D eigenvalue weighted by Gasteiger charge is -2.22. The van der Waals surface area contributed by atoms with Gasteiger partial charge in [0.2, 0.25) is 5.89 Å². The summed E-state index contributed by atoms with van der Waals surface area (Å²) >= 11 is 0. The Morgan fingerprint density at radius 2 is 2.06 bits per heavy atom. The summed E-state index contributed by atoms with van der Waals surface area (Å²) in [6, 6.07) is -0.0663. The highest BCUT2D eigenvalue weighted by atomic mass is 16.5. The fourth-order valence-corrected chi connectivity index (χ4v) is 3.11. The van der Waals surface area contributed by atoms with E-state index in [4.69, 9.17) is 10.3 Å². The lowest BCUT2D eigenvalue weighted by atomic mass is 9.85. The number of hydrogen-bond acceptors (Lipinski definition) is 4. The van der Waals surface area contributed by atoms with Crippen LogP contribution in [-0.2, 0) is 0 Å². The summed E-state index contributed by atoms with van der Waals surface area (Å²) in [6.07, 6.45) is 8.91. The molecule has 2 unspecified atom stereocenters. The molecule has 0 amide bonds. The second-order valence-corrected chi connectivity index (χ2v) is 6.16. The molecular formula is C14H23N3O. The molecular weight excluding hydrogens is 226 g/mol. The maximum Gasteiger partial charge on any atom is 0.243 e. The first kappa shape index (κ1) is 12.2. The maximum atomic E-state index is 6.20. The first-order chi connectivity index (χ1) is 8.74. The number of hydrogen-bond donors (Lipinski definition) is 1. The van der Waals surface area contributed by atoms with Crippen LogP contribution in [0, 0.1) is 11.8 Å². The van der Waals surface area contributed by atoms with Gasteiger partial charge in [-0.05, 0) is 24.7 Å². The summed E-state index contributed by atoms with van der Waals surface area (Å²) in [7, 11) is 0. The van der Waals surface area contributed by atoms with Crippen LogP contribution in [-0.4, -0.2) is 10.1 Å². The Labute approximate surface area is 108 Å². The van der Waals surface area contributed by atoms with Crippen LogP contribution in [0.5, 0.6) is 0 Å². The Bertz CT molecular complexity index is 397. The molecule has 4 heteroatoms. The van der Waals surface area contributed by atoms with Crippen LogP contribution < -0.4 is 5.73 Å². The second-order valence-electron chi connectivity index (χ2n) is 6.16. The maximum absolute atomic E-state index is 6.20. The van der Waals surface area contributed by atoms with Crippen molar-refractivity contribution in [1.29, 1.82) is 0 Å². The van der Waals surface area contributed by atoms with E-state index >= 15 is 0 Å². The quantitative estimate of drug-likeness (QED) is 0.890. The zero-order chi connectivity index (χ0) is 12.5. The standard InChI is InChI=1S/C14H23N3O/c1-9-7-11(9)13-16-14(18-17-13)12(15)8-10-5-3-2-4-6-10/h9-12H,2-8,15H2,1H3/t9?,11?,12-/m1/s1. The van der Waals surface area contributed by atoms with E-state index in [1.165, 1.54) is 38.5 Å². The van der Waals surface area contributed by atoms with Gasteiger partial charge in [0.25, 0.3) is 0 Å². The van der Waals surface area contributed by atoms with Crippen molar-refractivity contribution >= 4 is 0 Å². The molecule has 0 radical (unpaired) electrons. The van der Waals surface area contributed by atoms with Crippen LogP contribution in [0.2, 0.25) is 0 Å². The lowest BCUT2D eigenvalue weighted by molar-refractivity contribution is 0.283. The molecule has 3 rings (SSSR count). The van der Waals surface area contributed by atoms with E-state index < -0.39 is 0 Å². The van der Waals surface area contributed by atoms with Crippen LogP contribution >= 0.6 is 0 Å². The minimum atomic E-state index is -0.0663. The highest BCUT2D eigenvalue weighted by Crippen LogP contribution is 2.45. The van der Waals surface area contributed by atoms with Gasteiger partial charge in [0, 0.05) is 5.92 Å². The number of rotatable bonds is 4. The van der Waals surface area contributed by atoms with Crippen molar-refractivity contribution in [2.24, 2.45) is 17.6 Å². The zero-order valence-electron chi connectivity index (χ0n) is 11.1. The van der Waals surface area contributed by atoms with Crippen LogP contribution in [0.3, 0.4) is 0 Å². The second kappa shape index (κ2) is 5.00. The van der Waals surface area contributed by atoms with Gasteiger partial charge in [0.15, 0.2) is 5.82 Å². The van der Waals surface area contributed by atoms with Crippen LogP contribution in [0.1, 0.15) is 75.5 Å². The minimum Gasteiger partial charge on any atom is -0.338 e. The molecule has 2 fully saturated rings. The van der Waals surface area contributed by atoms with Gasteiger partial charge in [0.05, 0.1) is 6.04 Å². The van der Waals surface area contributed by atoms with E-state index in [1.54, 1.807) is 0 Å². The number of nitrogens with zero attached hydrogens (tertiary/aromatic N) is 2. The van der Waals surface area contributed by atoms with Gasteiger partial charge in [-0.2, -0.15) is 4.98 Å². The molecule has 0 aliphatic heterocycles. The van der Waals surface area contributed by atoms with Gasteiger partial charge >= 0.3 is 0 Å². The summed E-state index contributed by atoms with van der Waals surface area (Å²) in [6.45, 7) is 2.22. The van der Waals surface area contributed by atoms with E-state index in [-0.39, 0.29) is 6.04 Å². The van der Waals surface area contributed by atoms with Crippen LogP contribution in [0.15, 0.2) is 4.52 Å².